The minimum absolute atomic E-state index is 0.549. The summed E-state index contributed by atoms with van der Waals surface area (Å²) < 4.78 is 10.4. The second kappa shape index (κ2) is 6.34. The van der Waals surface area contributed by atoms with Gasteiger partial charge in [-0.1, -0.05) is 0 Å². The Morgan fingerprint density at radius 2 is 2.06 bits per heavy atom. The summed E-state index contributed by atoms with van der Waals surface area (Å²) in [5, 5.41) is 2.65. The molecule has 2 rings (SSSR count). The van der Waals surface area contributed by atoms with E-state index in [1.54, 1.807) is 7.11 Å². The van der Waals surface area contributed by atoms with Crippen LogP contribution in [-0.2, 0) is 4.74 Å². The summed E-state index contributed by atoms with van der Waals surface area (Å²) in [6.45, 7) is 1.13. The molecular formula is C12H15N3O2S. The van der Waals surface area contributed by atoms with Crippen molar-refractivity contribution in [3.05, 3.63) is 29.6 Å². The number of hydrogen-bond donors (Lipinski definition) is 2. The predicted octanol–water partition coefficient (Wildman–Crippen LogP) is 2.12. The van der Waals surface area contributed by atoms with E-state index >= 15 is 0 Å². The van der Waals surface area contributed by atoms with Gasteiger partial charge in [-0.3, -0.25) is 5.43 Å². The van der Waals surface area contributed by atoms with E-state index in [0.717, 1.165) is 17.0 Å². The Kier molecular flexibility index (Phi) is 4.52. The number of aromatic nitrogens is 1. The number of thiazole rings is 1. The fourth-order valence-corrected chi connectivity index (χ4v) is 2.07. The molecule has 0 aliphatic heterocycles. The number of anilines is 1. The number of nitrogens with zero attached hydrogens (tertiary/aromatic N) is 1. The lowest BCUT2D eigenvalue weighted by Crippen LogP contribution is -2.05. The monoisotopic (exact) mass is 265 g/mol. The molecule has 1 heterocycles. The van der Waals surface area contributed by atoms with Crippen LogP contribution in [0.15, 0.2) is 29.6 Å². The lowest BCUT2D eigenvalue weighted by Gasteiger charge is -2.05. The van der Waals surface area contributed by atoms with Gasteiger partial charge in [-0.25, -0.2) is 10.8 Å². The fraction of sp³-hybridized carbons (Fsp3) is 0.250. The normalized spacial score (nSPS) is 10.3. The summed E-state index contributed by atoms with van der Waals surface area (Å²) in [5.74, 6) is 6.12. The lowest BCUT2D eigenvalue weighted by atomic mass is 10.2. The molecule has 1 aromatic carbocycles. The van der Waals surface area contributed by atoms with Gasteiger partial charge in [-0.15, -0.1) is 11.3 Å². The number of methoxy groups -OCH3 is 1. The molecular weight excluding hydrogens is 250 g/mol. The first-order valence-electron chi connectivity index (χ1n) is 5.48. The minimum Gasteiger partial charge on any atom is -0.491 e. The maximum atomic E-state index is 5.49. The first-order chi connectivity index (χ1) is 8.83. The Balaban J connectivity index is 2.02. The first kappa shape index (κ1) is 12.8. The Labute approximate surface area is 110 Å². The highest BCUT2D eigenvalue weighted by atomic mass is 32.1. The van der Waals surface area contributed by atoms with Gasteiger partial charge in [0.1, 0.15) is 12.4 Å². The van der Waals surface area contributed by atoms with E-state index in [-0.39, 0.29) is 0 Å². The molecule has 0 saturated carbocycles. The molecule has 18 heavy (non-hydrogen) atoms. The highest BCUT2D eigenvalue weighted by molar-refractivity contribution is 7.14. The van der Waals surface area contributed by atoms with Crippen LogP contribution in [0.25, 0.3) is 11.3 Å². The largest absolute Gasteiger partial charge is 0.491 e. The zero-order valence-electron chi connectivity index (χ0n) is 10.1. The van der Waals surface area contributed by atoms with Crippen molar-refractivity contribution in [1.82, 2.24) is 4.98 Å². The van der Waals surface area contributed by atoms with Crippen LogP contribution in [-0.4, -0.2) is 25.3 Å². The first-order valence-corrected chi connectivity index (χ1v) is 6.36. The number of ether oxygens (including phenoxy) is 2. The van der Waals surface area contributed by atoms with E-state index in [4.69, 9.17) is 15.3 Å². The standard InChI is InChI=1S/C12H15N3O2S/c1-16-6-7-17-10-4-2-9(3-5-10)11-8-18-12(14-11)15-13/h2-5,8H,6-7,13H2,1H3,(H,14,15). The van der Waals surface area contributed by atoms with Gasteiger partial charge < -0.3 is 9.47 Å². The van der Waals surface area contributed by atoms with E-state index in [0.29, 0.717) is 18.3 Å². The molecule has 3 N–H and O–H groups in total. The average Bonchev–Trinajstić information content (AvgIpc) is 2.89. The molecule has 0 fully saturated rings. The molecule has 2 aromatic rings. The zero-order chi connectivity index (χ0) is 12.8. The molecule has 6 heteroatoms. The van der Waals surface area contributed by atoms with Gasteiger partial charge in [0.25, 0.3) is 0 Å². The van der Waals surface area contributed by atoms with Crippen molar-refractivity contribution in [2.24, 2.45) is 5.84 Å². The fourth-order valence-electron chi connectivity index (χ4n) is 1.44. The van der Waals surface area contributed by atoms with Crippen molar-refractivity contribution in [2.45, 2.75) is 0 Å². The quantitative estimate of drug-likeness (QED) is 0.475. The smallest absolute Gasteiger partial charge is 0.197 e. The lowest BCUT2D eigenvalue weighted by molar-refractivity contribution is 0.146. The van der Waals surface area contributed by atoms with Crippen molar-refractivity contribution >= 4 is 16.5 Å². The number of nitrogen functional groups attached to an aromatic ring is 1. The van der Waals surface area contributed by atoms with Crippen LogP contribution in [0.2, 0.25) is 0 Å². The van der Waals surface area contributed by atoms with Gasteiger partial charge in [-0.2, -0.15) is 0 Å². The molecule has 0 aliphatic carbocycles. The van der Waals surface area contributed by atoms with Crippen LogP contribution in [0.1, 0.15) is 0 Å². The molecule has 0 aliphatic rings. The van der Waals surface area contributed by atoms with E-state index in [1.807, 2.05) is 29.6 Å². The second-order valence-corrected chi connectivity index (χ2v) is 4.41. The molecule has 0 atom stereocenters. The van der Waals surface area contributed by atoms with Crippen LogP contribution in [0.3, 0.4) is 0 Å². The third kappa shape index (κ3) is 3.19. The van der Waals surface area contributed by atoms with Gasteiger partial charge in [0.2, 0.25) is 0 Å². The highest BCUT2D eigenvalue weighted by Gasteiger charge is 2.03. The van der Waals surface area contributed by atoms with Crippen LogP contribution in [0, 0.1) is 0 Å². The molecule has 0 amide bonds. The van der Waals surface area contributed by atoms with Gasteiger partial charge >= 0.3 is 0 Å². The van der Waals surface area contributed by atoms with Crippen molar-refractivity contribution in [1.29, 1.82) is 0 Å². The Morgan fingerprint density at radius 3 is 2.67 bits per heavy atom. The molecule has 0 unspecified atom stereocenters. The number of nitrogens with two attached hydrogens (primary N) is 1. The maximum Gasteiger partial charge on any atom is 0.197 e. The minimum atomic E-state index is 0.549. The Hall–Kier alpha value is -1.63. The zero-order valence-corrected chi connectivity index (χ0v) is 10.9. The molecule has 0 spiro atoms. The number of nitrogens with one attached hydrogen (secondary N) is 1. The van der Waals surface area contributed by atoms with Crippen LogP contribution < -0.4 is 16.0 Å². The number of hydrazine groups is 1. The SMILES string of the molecule is COCCOc1ccc(-c2csc(NN)n2)cc1. The van der Waals surface area contributed by atoms with Gasteiger partial charge in [0.15, 0.2) is 5.13 Å². The van der Waals surface area contributed by atoms with Crippen LogP contribution >= 0.6 is 11.3 Å². The topological polar surface area (TPSA) is 69.4 Å². The summed E-state index contributed by atoms with van der Waals surface area (Å²) in [6.07, 6.45) is 0. The molecule has 1 aromatic heterocycles. The second-order valence-electron chi connectivity index (χ2n) is 3.55. The molecule has 0 bridgehead atoms. The van der Waals surface area contributed by atoms with E-state index < -0.39 is 0 Å². The van der Waals surface area contributed by atoms with Crippen LogP contribution in [0.5, 0.6) is 5.75 Å². The summed E-state index contributed by atoms with van der Waals surface area (Å²) in [7, 11) is 1.65. The molecule has 5 nitrogen and oxygen atoms in total. The van der Waals surface area contributed by atoms with Gasteiger partial charge in [0.05, 0.1) is 12.3 Å². The predicted molar refractivity (Wildman–Crippen MR) is 72.7 cm³/mol. The number of rotatable bonds is 6. The van der Waals surface area contributed by atoms with Crippen molar-refractivity contribution in [2.75, 3.05) is 25.7 Å². The summed E-state index contributed by atoms with van der Waals surface area (Å²) in [6, 6.07) is 7.77. The maximum absolute atomic E-state index is 5.49. The average molecular weight is 265 g/mol. The Bertz CT molecular complexity index is 484. The molecule has 0 saturated heterocycles. The van der Waals surface area contributed by atoms with Gasteiger partial charge in [0, 0.05) is 18.1 Å². The van der Waals surface area contributed by atoms with Crippen molar-refractivity contribution < 1.29 is 9.47 Å². The van der Waals surface area contributed by atoms with E-state index in [2.05, 4.69) is 10.4 Å². The molecule has 0 radical (unpaired) electrons. The number of hydrogen-bond acceptors (Lipinski definition) is 6. The van der Waals surface area contributed by atoms with E-state index in [9.17, 15) is 0 Å². The molecule has 96 valence electrons. The summed E-state index contributed by atoms with van der Waals surface area (Å²) >= 11 is 1.47. The van der Waals surface area contributed by atoms with Gasteiger partial charge in [-0.05, 0) is 24.3 Å². The van der Waals surface area contributed by atoms with Crippen LogP contribution in [0.4, 0.5) is 5.13 Å². The van der Waals surface area contributed by atoms with Crippen molar-refractivity contribution in [3.63, 3.8) is 0 Å². The third-order valence-corrected chi connectivity index (χ3v) is 3.11. The number of benzene rings is 1. The Morgan fingerprint density at radius 1 is 1.28 bits per heavy atom. The summed E-state index contributed by atoms with van der Waals surface area (Å²) in [5.41, 5.74) is 4.47. The van der Waals surface area contributed by atoms with E-state index in [1.165, 1.54) is 11.3 Å². The summed E-state index contributed by atoms with van der Waals surface area (Å²) in [4.78, 5) is 4.33. The third-order valence-electron chi connectivity index (χ3n) is 2.33. The highest BCUT2D eigenvalue weighted by Crippen LogP contribution is 2.25. The van der Waals surface area contributed by atoms with Crippen molar-refractivity contribution in [3.8, 4) is 17.0 Å².